The van der Waals surface area contributed by atoms with E-state index in [1.807, 2.05) is 6.07 Å². The maximum absolute atomic E-state index is 11.6. The van der Waals surface area contributed by atoms with E-state index in [1.165, 1.54) is 19.3 Å². The molecule has 23 heavy (non-hydrogen) atoms. The number of Topliss-reactive ketones (excluding diaryl/α,β-unsaturated/α-hetero) is 1. The second-order valence-corrected chi connectivity index (χ2v) is 6.42. The first-order valence-corrected chi connectivity index (χ1v) is 8.56. The molecule has 0 aromatic heterocycles. The number of nitrogens with zero attached hydrogens (tertiary/aromatic N) is 2. The van der Waals surface area contributed by atoms with Crippen LogP contribution in [-0.4, -0.2) is 23.3 Å². The number of nitro benzene ring substituents is 1. The Kier molecular flexibility index (Phi) is 6.13. The number of rotatable bonds is 8. The van der Waals surface area contributed by atoms with Crippen LogP contribution in [0.2, 0.25) is 0 Å². The number of benzene rings is 1. The molecule has 1 aromatic rings. The Morgan fingerprint density at radius 2 is 2.13 bits per heavy atom. The molecule has 5 heteroatoms. The normalized spacial score (nSPS) is 17.0. The van der Waals surface area contributed by atoms with Gasteiger partial charge in [-0.15, -0.1) is 0 Å². The molecule has 0 saturated heterocycles. The van der Waals surface area contributed by atoms with Crippen molar-refractivity contribution in [3.63, 3.8) is 0 Å². The lowest BCUT2D eigenvalue weighted by atomic mass is 9.92. The number of hydrogen-bond acceptors (Lipinski definition) is 4. The first-order chi connectivity index (χ1) is 11.0. The highest BCUT2D eigenvalue weighted by Crippen LogP contribution is 2.34. The van der Waals surface area contributed by atoms with Gasteiger partial charge in [0.2, 0.25) is 0 Å². The largest absolute Gasteiger partial charge is 0.368 e. The quantitative estimate of drug-likeness (QED) is 0.408. The van der Waals surface area contributed by atoms with Gasteiger partial charge in [0, 0.05) is 36.8 Å². The number of anilines is 1. The summed E-state index contributed by atoms with van der Waals surface area (Å²) in [6, 6.07) is 5.36. The number of non-ortho nitro benzene ring substituents is 1. The van der Waals surface area contributed by atoms with Crippen LogP contribution in [0.4, 0.5) is 11.4 Å². The standard InChI is InChI=1S/C18H26N2O3/c1-3-4-5-6-11-19-16(12-14(2)21)8-7-15-13-17(20(22)23)9-10-18(15)19/h9-10,13,16H,3-8,11-12H2,1-2H3. The second-order valence-electron chi connectivity index (χ2n) is 6.42. The topological polar surface area (TPSA) is 63.4 Å². The molecule has 0 spiro atoms. The van der Waals surface area contributed by atoms with Gasteiger partial charge < -0.3 is 4.90 Å². The third-order valence-corrected chi connectivity index (χ3v) is 4.55. The molecule has 0 saturated carbocycles. The Hall–Kier alpha value is -1.91. The minimum atomic E-state index is -0.340. The summed E-state index contributed by atoms with van der Waals surface area (Å²) in [6.45, 7) is 4.75. The van der Waals surface area contributed by atoms with Gasteiger partial charge in [-0.3, -0.25) is 14.9 Å². The zero-order valence-corrected chi connectivity index (χ0v) is 14.1. The third-order valence-electron chi connectivity index (χ3n) is 4.55. The number of fused-ring (bicyclic) bond motifs is 1. The van der Waals surface area contributed by atoms with Gasteiger partial charge in [0.1, 0.15) is 5.78 Å². The zero-order chi connectivity index (χ0) is 16.8. The van der Waals surface area contributed by atoms with Gasteiger partial charge in [0.05, 0.1) is 4.92 Å². The molecular formula is C18H26N2O3. The fourth-order valence-corrected chi connectivity index (χ4v) is 3.40. The molecule has 1 atom stereocenters. The van der Waals surface area contributed by atoms with E-state index in [2.05, 4.69) is 11.8 Å². The van der Waals surface area contributed by atoms with E-state index in [1.54, 1.807) is 19.1 Å². The molecule has 0 bridgehead atoms. The molecular weight excluding hydrogens is 292 g/mol. The van der Waals surface area contributed by atoms with Crippen LogP contribution in [0, 0.1) is 10.1 Å². The highest BCUT2D eigenvalue weighted by atomic mass is 16.6. The number of ketones is 1. The monoisotopic (exact) mass is 318 g/mol. The number of hydrogen-bond donors (Lipinski definition) is 0. The Labute approximate surface area is 137 Å². The lowest BCUT2D eigenvalue weighted by molar-refractivity contribution is -0.384. The highest BCUT2D eigenvalue weighted by molar-refractivity contribution is 5.77. The molecule has 1 heterocycles. The Balaban J connectivity index is 2.20. The maximum Gasteiger partial charge on any atom is 0.269 e. The molecule has 1 aliphatic rings. The minimum Gasteiger partial charge on any atom is -0.368 e. The Morgan fingerprint density at radius 3 is 2.78 bits per heavy atom. The molecule has 5 nitrogen and oxygen atoms in total. The smallest absolute Gasteiger partial charge is 0.269 e. The predicted molar refractivity (Wildman–Crippen MR) is 92.0 cm³/mol. The summed E-state index contributed by atoms with van der Waals surface area (Å²) < 4.78 is 0. The van der Waals surface area contributed by atoms with Gasteiger partial charge >= 0.3 is 0 Å². The van der Waals surface area contributed by atoms with E-state index < -0.39 is 0 Å². The van der Waals surface area contributed by atoms with Gasteiger partial charge in [0.15, 0.2) is 0 Å². The highest BCUT2D eigenvalue weighted by Gasteiger charge is 2.28. The van der Waals surface area contributed by atoms with Crippen LogP contribution in [0.5, 0.6) is 0 Å². The molecule has 0 aliphatic carbocycles. The Bertz CT molecular complexity index is 571. The van der Waals surface area contributed by atoms with Crippen molar-refractivity contribution < 1.29 is 9.72 Å². The molecule has 2 rings (SSSR count). The van der Waals surface area contributed by atoms with E-state index in [9.17, 15) is 14.9 Å². The van der Waals surface area contributed by atoms with E-state index >= 15 is 0 Å². The lowest BCUT2D eigenvalue weighted by Gasteiger charge is -2.38. The summed E-state index contributed by atoms with van der Waals surface area (Å²) in [6.07, 6.45) is 6.95. The van der Waals surface area contributed by atoms with E-state index in [0.29, 0.717) is 6.42 Å². The van der Waals surface area contributed by atoms with Crippen LogP contribution in [0.15, 0.2) is 18.2 Å². The summed E-state index contributed by atoms with van der Waals surface area (Å²) >= 11 is 0. The second kappa shape index (κ2) is 8.09. The molecule has 1 aliphatic heterocycles. The van der Waals surface area contributed by atoms with Crippen LogP contribution < -0.4 is 4.90 Å². The Morgan fingerprint density at radius 1 is 1.35 bits per heavy atom. The van der Waals surface area contributed by atoms with Crippen LogP contribution in [0.25, 0.3) is 0 Å². The van der Waals surface area contributed by atoms with Gasteiger partial charge in [-0.2, -0.15) is 0 Å². The van der Waals surface area contributed by atoms with Crippen molar-refractivity contribution in [3.8, 4) is 0 Å². The number of unbranched alkanes of at least 4 members (excludes halogenated alkanes) is 3. The average molecular weight is 318 g/mol. The number of carbonyl (C=O) groups is 1. The third kappa shape index (κ3) is 4.53. The fourth-order valence-electron chi connectivity index (χ4n) is 3.40. The summed E-state index contributed by atoms with van der Waals surface area (Å²) in [7, 11) is 0. The molecule has 0 fully saturated rings. The van der Waals surface area contributed by atoms with E-state index in [-0.39, 0.29) is 22.4 Å². The van der Waals surface area contributed by atoms with Crippen molar-refractivity contribution in [1.82, 2.24) is 0 Å². The van der Waals surface area contributed by atoms with Crippen molar-refractivity contribution in [1.29, 1.82) is 0 Å². The fraction of sp³-hybridized carbons (Fsp3) is 0.611. The van der Waals surface area contributed by atoms with Gasteiger partial charge in [0.25, 0.3) is 5.69 Å². The first-order valence-electron chi connectivity index (χ1n) is 8.56. The summed E-state index contributed by atoms with van der Waals surface area (Å²) in [5.41, 5.74) is 2.26. The summed E-state index contributed by atoms with van der Waals surface area (Å²) in [5.74, 6) is 0.207. The van der Waals surface area contributed by atoms with Crippen LogP contribution in [0.1, 0.15) is 57.9 Å². The minimum absolute atomic E-state index is 0.153. The van der Waals surface area contributed by atoms with Crippen LogP contribution in [0.3, 0.4) is 0 Å². The summed E-state index contributed by atoms with van der Waals surface area (Å²) in [5, 5.41) is 11.0. The average Bonchev–Trinajstić information content (AvgIpc) is 2.51. The van der Waals surface area contributed by atoms with Crippen molar-refractivity contribution in [2.24, 2.45) is 0 Å². The van der Waals surface area contributed by atoms with E-state index in [0.717, 1.165) is 37.1 Å². The van der Waals surface area contributed by atoms with E-state index in [4.69, 9.17) is 0 Å². The van der Waals surface area contributed by atoms with Crippen LogP contribution >= 0.6 is 0 Å². The molecule has 1 unspecified atom stereocenters. The van der Waals surface area contributed by atoms with Crippen molar-refractivity contribution in [3.05, 3.63) is 33.9 Å². The molecule has 0 amide bonds. The van der Waals surface area contributed by atoms with Crippen molar-refractivity contribution >= 4 is 17.2 Å². The number of carbonyl (C=O) groups excluding carboxylic acids is 1. The number of nitro groups is 1. The molecule has 126 valence electrons. The maximum atomic E-state index is 11.6. The zero-order valence-electron chi connectivity index (χ0n) is 14.1. The molecule has 1 aromatic carbocycles. The van der Waals surface area contributed by atoms with Gasteiger partial charge in [-0.05, 0) is 37.8 Å². The van der Waals surface area contributed by atoms with Gasteiger partial charge in [-0.1, -0.05) is 26.2 Å². The molecule has 0 radical (unpaired) electrons. The first kappa shape index (κ1) is 17.4. The molecule has 0 N–H and O–H groups in total. The summed E-state index contributed by atoms with van der Waals surface area (Å²) in [4.78, 5) is 24.5. The number of aryl methyl sites for hydroxylation is 1. The predicted octanol–water partition coefficient (Wildman–Crippen LogP) is 4.28. The van der Waals surface area contributed by atoms with Gasteiger partial charge in [-0.25, -0.2) is 0 Å². The SMILES string of the molecule is CCCCCCN1c2ccc([N+](=O)[O-])cc2CCC1CC(C)=O. The lowest BCUT2D eigenvalue weighted by Crippen LogP contribution is -2.41. The van der Waals surface area contributed by atoms with Crippen molar-refractivity contribution in [2.75, 3.05) is 11.4 Å². The van der Waals surface area contributed by atoms with Crippen LogP contribution in [-0.2, 0) is 11.2 Å². The van der Waals surface area contributed by atoms with Crippen molar-refractivity contribution in [2.45, 2.75) is 64.8 Å².